The Bertz CT molecular complexity index is 1050. The molecule has 3 N–H and O–H groups in total. The highest BCUT2D eigenvalue weighted by Gasteiger charge is 2.15. The minimum Gasteiger partial charge on any atom is -0.353 e. The van der Waals surface area contributed by atoms with Crippen LogP contribution >= 0.6 is 34.0 Å². The van der Waals surface area contributed by atoms with Gasteiger partial charge in [-0.15, -0.1) is 30.6 Å². The van der Waals surface area contributed by atoms with E-state index in [2.05, 4.69) is 61.5 Å². The lowest BCUT2D eigenvalue weighted by Gasteiger charge is -2.08. The summed E-state index contributed by atoms with van der Waals surface area (Å²) >= 11 is 4.10. The van der Waals surface area contributed by atoms with Gasteiger partial charge in [0.1, 0.15) is 0 Å². The van der Waals surface area contributed by atoms with E-state index >= 15 is 0 Å². The molecule has 0 unspecified atom stereocenters. The molecule has 0 fully saturated rings. The van der Waals surface area contributed by atoms with Gasteiger partial charge >= 0.3 is 0 Å². The second kappa shape index (κ2) is 9.55. The third-order valence-electron chi connectivity index (χ3n) is 3.68. The molecule has 4 aromatic rings. The van der Waals surface area contributed by atoms with Gasteiger partial charge in [0, 0.05) is 42.3 Å². The van der Waals surface area contributed by atoms with Gasteiger partial charge in [0.05, 0.1) is 0 Å². The van der Waals surface area contributed by atoms with E-state index < -0.39 is 0 Å². The van der Waals surface area contributed by atoms with E-state index in [0.717, 1.165) is 15.4 Å². The SMILES string of the molecule is CN(C)c1nnc(Nc2nc(Nc3nnc(N(C)C)s3)nc(Nc3nnc(N(C)C)s3)n2)s1. The fourth-order valence-electron chi connectivity index (χ4n) is 2.17. The molecule has 0 aliphatic carbocycles. The van der Waals surface area contributed by atoms with E-state index in [1.54, 1.807) is 0 Å². The van der Waals surface area contributed by atoms with Crippen LogP contribution in [0.2, 0.25) is 0 Å². The van der Waals surface area contributed by atoms with E-state index in [9.17, 15) is 0 Å². The molecule has 174 valence electrons. The van der Waals surface area contributed by atoms with E-state index in [-0.39, 0.29) is 17.8 Å². The summed E-state index contributed by atoms with van der Waals surface area (Å²) < 4.78 is 0. The molecule has 0 saturated carbocycles. The molecule has 4 rings (SSSR count). The normalized spacial score (nSPS) is 10.7. The van der Waals surface area contributed by atoms with Crippen molar-refractivity contribution in [2.45, 2.75) is 0 Å². The van der Waals surface area contributed by atoms with Crippen LogP contribution < -0.4 is 30.7 Å². The number of rotatable bonds is 9. The van der Waals surface area contributed by atoms with Crippen molar-refractivity contribution >= 4 is 82.6 Å². The van der Waals surface area contributed by atoms with Crippen molar-refractivity contribution in [1.29, 1.82) is 0 Å². The first-order valence-corrected chi connectivity index (χ1v) is 11.8. The van der Waals surface area contributed by atoms with Gasteiger partial charge in [-0.1, -0.05) is 34.0 Å². The average Bonchev–Trinajstić information content (AvgIpc) is 3.49. The maximum absolute atomic E-state index is 4.43. The molecule has 4 aromatic heterocycles. The van der Waals surface area contributed by atoms with Gasteiger partial charge in [0.15, 0.2) is 0 Å². The van der Waals surface area contributed by atoms with Crippen LogP contribution in [0.25, 0.3) is 0 Å². The molecule has 0 radical (unpaired) electrons. The van der Waals surface area contributed by atoms with Gasteiger partial charge in [0.25, 0.3) is 0 Å². The Kier molecular flexibility index (Phi) is 6.56. The highest BCUT2D eigenvalue weighted by atomic mass is 32.1. The molecule has 0 spiro atoms. The molecule has 0 atom stereocenters. The molecule has 0 aliphatic rings. The Morgan fingerprint density at radius 2 is 0.727 bits per heavy atom. The summed E-state index contributed by atoms with van der Waals surface area (Å²) in [6.45, 7) is 0. The summed E-state index contributed by atoms with van der Waals surface area (Å²) in [7, 11) is 11.4. The molecule has 15 nitrogen and oxygen atoms in total. The van der Waals surface area contributed by atoms with Crippen molar-refractivity contribution in [3.63, 3.8) is 0 Å². The Labute approximate surface area is 201 Å². The minimum absolute atomic E-state index is 0.270. The first kappa shape index (κ1) is 22.7. The van der Waals surface area contributed by atoms with Crippen molar-refractivity contribution in [1.82, 2.24) is 45.5 Å². The van der Waals surface area contributed by atoms with E-state index in [1.807, 2.05) is 57.0 Å². The lowest BCUT2D eigenvalue weighted by Crippen LogP contribution is -2.07. The zero-order valence-electron chi connectivity index (χ0n) is 18.6. The van der Waals surface area contributed by atoms with Gasteiger partial charge in [-0.05, 0) is 0 Å². The second-order valence-corrected chi connectivity index (χ2v) is 9.90. The number of nitrogens with zero attached hydrogens (tertiary/aromatic N) is 12. The smallest absolute Gasteiger partial charge is 0.235 e. The number of nitrogens with one attached hydrogen (secondary N) is 3. The summed E-state index contributed by atoms with van der Waals surface area (Å²) in [5.41, 5.74) is 0. The second-order valence-electron chi connectivity index (χ2n) is 7.03. The summed E-state index contributed by atoms with van der Waals surface area (Å²) in [6, 6.07) is 0. The van der Waals surface area contributed by atoms with Gasteiger partial charge < -0.3 is 14.7 Å². The van der Waals surface area contributed by atoms with Crippen LogP contribution in [0.1, 0.15) is 0 Å². The largest absolute Gasteiger partial charge is 0.353 e. The van der Waals surface area contributed by atoms with E-state index in [4.69, 9.17) is 0 Å². The fourth-order valence-corrected chi connectivity index (χ4v) is 4.15. The van der Waals surface area contributed by atoms with Crippen LogP contribution in [-0.4, -0.2) is 87.8 Å². The third kappa shape index (κ3) is 5.65. The highest BCUT2D eigenvalue weighted by Crippen LogP contribution is 2.29. The van der Waals surface area contributed by atoms with Crippen LogP contribution in [0.15, 0.2) is 0 Å². The first-order chi connectivity index (χ1) is 15.8. The quantitative estimate of drug-likeness (QED) is 0.300. The fraction of sp³-hybridized carbons (Fsp3) is 0.400. The minimum atomic E-state index is 0.270. The predicted octanol–water partition coefficient (Wildman–Crippen LogP) is 1.85. The average molecular weight is 508 g/mol. The topological polar surface area (TPSA) is 162 Å². The lowest BCUT2D eigenvalue weighted by molar-refractivity contribution is 0.999. The summed E-state index contributed by atoms with van der Waals surface area (Å²) in [5.74, 6) is 0.809. The van der Waals surface area contributed by atoms with Gasteiger partial charge in [0.2, 0.25) is 48.6 Å². The monoisotopic (exact) mass is 507 g/mol. The van der Waals surface area contributed by atoms with Crippen LogP contribution in [-0.2, 0) is 0 Å². The first-order valence-electron chi connectivity index (χ1n) is 9.36. The van der Waals surface area contributed by atoms with Gasteiger partial charge in [-0.25, -0.2) is 0 Å². The van der Waals surface area contributed by atoms with Crippen molar-refractivity contribution in [2.24, 2.45) is 0 Å². The predicted molar refractivity (Wildman–Crippen MR) is 132 cm³/mol. The molecule has 4 heterocycles. The number of aromatic nitrogens is 9. The Morgan fingerprint density at radius 3 is 0.939 bits per heavy atom. The lowest BCUT2D eigenvalue weighted by atomic mass is 10.8. The third-order valence-corrected chi connectivity index (χ3v) is 6.70. The zero-order chi connectivity index (χ0) is 23.5. The number of anilines is 9. The molecule has 0 aliphatic heterocycles. The molecular weight excluding hydrogens is 486 g/mol. The Hall–Kier alpha value is -3.51. The van der Waals surface area contributed by atoms with Gasteiger partial charge in [-0.2, -0.15) is 15.0 Å². The van der Waals surface area contributed by atoms with Crippen molar-refractivity contribution in [2.75, 3.05) is 72.9 Å². The maximum atomic E-state index is 4.43. The molecule has 0 bridgehead atoms. The molecule has 0 amide bonds. The van der Waals surface area contributed by atoms with E-state index in [1.165, 1.54) is 34.0 Å². The molecule has 0 saturated heterocycles. The Morgan fingerprint density at radius 1 is 0.455 bits per heavy atom. The maximum Gasteiger partial charge on any atom is 0.235 e. The molecule has 0 aromatic carbocycles. The van der Waals surface area contributed by atoms with Crippen LogP contribution in [0, 0.1) is 0 Å². The van der Waals surface area contributed by atoms with E-state index in [0.29, 0.717) is 15.4 Å². The molecule has 33 heavy (non-hydrogen) atoms. The molecular formula is C15H21N15S3. The van der Waals surface area contributed by atoms with Crippen molar-refractivity contribution in [3.05, 3.63) is 0 Å². The molecule has 18 heteroatoms. The standard InChI is InChI=1S/C15H21N15S3/c1-28(2)13-25-22-10(31-13)19-7-16-8(20-11-23-26-14(32-11)29(3)4)18-9(17-7)21-12-24-27-15(33-12)30(5)6/h1-6H3,(H3,16,17,18,19,20,21,22,23,24). The number of hydrogen-bond acceptors (Lipinski definition) is 18. The summed E-state index contributed by atoms with van der Waals surface area (Å²) in [6.07, 6.45) is 0. The zero-order valence-corrected chi connectivity index (χ0v) is 21.0. The van der Waals surface area contributed by atoms with Gasteiger partial charge in [-0.3, -0.25) is 16.0 Å². The van der Waals surface area contributed by atoms with Crippen molar-refractivity contribution < 1.29 is 0 Å². The summed E-state index contributed by atoms with van der Waals surface area (Å²) in [4.78, 5) is 18.9. The Balaban J connectivity index is 1.61. The van der Waals surface area contributed by atoms with Crippen molar-refractivity contribution in [3.8, 4) is 0 Å². The highest BCUT2D eigenvalue weighted by molar-refractivity contribution is 7.19. The van der Waals surface area contributed by atoms with Crippen LogP contribution in [0.5, 0.6) is 0 Å². The van der Waals surface area contributed by atoms with Crippen LogP contribution in [0.4, 0.5) is 48.6 Å². The number of hydrogen-bond donors (Lipinski definition) is 3. The van der Waals surface area contributed by atoms with Crippen LogP contribution in [0.3, 0.4) is 0 Å². The summed E-state index contributed by atoms with van der Waals surface area (Å²) in [5, 5.41) is 37.8.